The molecule has 1 nitrogen and oxygen atoms in total. The first-order valence-electron chi connectivity index (χ1n) is 10.2. The summed E-state index contributed by atoms with van der Waals surface area (Å²) < 4.78 is 0. The first-order chi connectivity index (χ1) is 13.4. The van der Waals surface area contributed by atoms with Gasteiger partial charge >= 0.3 is 0 Å². The molecule has 140 valence electrons. The molecule has 28 heavy (non-hydrogen) atoms. The van der Waals surface area contributed by atoms with E-state index in [0.717, 1.165) is 12.8 Å². The molecule has 0 amide bonds. The van der Waals surface area contributed by atoms with Crippen molar-refractivity contribution in [3.8, 4) is 0 Å². The third-order valence-corrected chi connectivity index (χ3v) is 6.30. The van der Waals surface area contributed by atoms with Gasteiger partial charge in [-0.15, -0.1) is 0 Å². The van der Waals surface area contributed by atoms with Crippen LogP contribution in [0.1, 0.15) is 37.5 Å². The van der Waals surface area contributed by atoms with Crippen molar-refractivity contribution in [2.24, 2.45) is 0 Å². The molecule has 4 aromatic rings. The lowest BCUT2D eigenvalue weighted by Gasteiger charge is -2.27. The van der Waals surface area contributed by atoms with Gasteiger partial charge in [-0.3, -0.25) is 0 Å². The zero-order valence-electron chi connectivity index (χ0n) is 17.2. The second kappa shape index (κ2) is 6.10. The van der Waals surface area contributed by atoms with Crippen LogP contribution in [0.15, 0.2) is 66.7 Å². The molecule has 0 bridgehead atoms. The maximum Gasteiger partial charge on any atom is 0.0526 e. The SMILES string of the molecule is CN1c2cc(C(C)(C)C)ccc2CCc2c1c1ccccc1c1ccccc21. The van der Waals surface area contributed by atoms with E-state index in [0.29, 0.717) is 0 Å². The minimum absolute atomic E-state index is 0.149. The van der Waals surface area contributed by atoms with Crippen LogP contribution in [0, 0.1) is 0 Å². The van der Waals surface area contributed by atoms with Crippen LogP contribution < -0.4 is 4.90 Å². The van der Waals surface area contributed by atoms with Crippen molar-refractivity contribution in [1.29, 1.82) is 0 Å². The predicted octanol–water partition coefficient (Wildman–Crippen LogP) is 7.16. The van der Waals surface area contributed by atoms with Gasteiger partial charge in [-0.25, -0.2) is 0 Å². The molecule has 4 aromatic carbocycles. The van der Waals surface area contributed by atoms with Crippen molar-refractivity contribution in [2.45, 2.75) is 39.0 Å². The first-order valence-corrected chi connectivity index (χ1v) is 10.2. The van der Waals surface area contributed by atoms with Crippen LogP contribution in [0.5, 0.6) is 0 Å². The molecule has 0 radical (unpaired) electrons. The van der Waals surface area contributed by atoms with Gasteiger partial charge in [0.1, 0.15) is 0 Å². The molecule has 0 saturated carbocycles. The number of rotatable bonds is 0. The molecule has 0 fully saturated rings. The van der Waals surface area contributed by atoms with Crippen LogP contribution in [-0.4, -0.2) is 7.05 Å². The summed E-state index contributed by atoms with van der Waals surface area (Å²) in [5, 5.41) is 5.46. The lowest BCUT2D eigenvalue weighted by atomic mass is 9.85. The third-order valence-electron chi connectivity index (χ3n) is 6.30. The Balaban J connectivity index is 1.85. The Hall–Kier alpha value is -2.80. The molecule has 0 aliphatic carbocycles. The Morgan fingerprint density at radius 1 is 0.714 bits per heavy atom. The van der Waals surface area contributed by atoms with Gasteiger partial charge in [-0.05, 0) is 57.2 Å². The second-order valence-corrected chi connectivity index (χ2v) is 9.07. The summed E-state index contributed by atoms with van der Waals surface area (Å²) in [5.74, 6) is 0. The Labute approximate surface area is 167 Å². The Morgan fingerprint density at radius 2 is 1.32 bits per heavy atom. The first kappa shape index (κ1) is 17.3. The number of anilines is 2. The minimum atomic E-state index is 0.149. The van der Waals surface area contributed by atoms with Crippen molar-refractivity contribution in [1.82, 2.24) is 0 Å². The van der Waals surface area contributed by atoms with Gasteiger partial charge in [0, 0.05) is 18.1 Å². The summed E-state index contributed by atoms with van der Waals surface area (Å²) in [7, 11) is 2.25. The third kappa shape index (κ3) is 2.53. The smallest absolute Gasteiger partial charge is 0.0526 e. The van der Waals surface area contributed by atoms with Gasteiger partial charge in [-0.2, -0.15) is 0 Å². The van der Waals surface area contributed by atoms with Gasteiger partial charge in [0.25, 0.3) is 0 Å². The van der Waals surface area contributed by atoms with Gasteiger partial charge in [-0.1, -0.05) is 81.4 Å². The normalized spacial score (nSPS) is 14.1. The van der Waals surface area contributed by atoms with Crippen LogP contribution in [0.2, 0.25) is 0 Å². The van der Waals surface area contributed by atoms with E-state index < -0.39 is 0 Å². The average molecular weight is 366 g/mol. The summed E-state index contributed by atoms with van der Waals surface area (Å²) in [6.07, 6.45) is 2.16. The second-order valence-electron chi connectivity index (χ2n) is 9.07. The molecule has 5 rings (SSSR count). The van der Waals surface area contributed by atoms with Gasteiger partial charge in [0.2, 0.25) is 0 Å². The Morgan fingerprint density at radius 3 is 2.00 bits per heavy atom. The molecule has 0 spiro atoms. The fourth-order valence-electron chi connectivity index (χ4n) is 4.77. The maximum atomic E-state index is 2.45. The molecule has 1 aliphatic rings. The number of aryl methyl sites for hydroxylation is 2. The summed E-state index contributed by atoms with van der Waals surface area (Å²) >= 11 is 0. The molecule has 0 N–H and O–H groups in total. The van der Waals surface area contributed by atoms with E-state index >= 15 is 0 Å². The minimum Gasteiger partial charge on any atom is -0.344 e. The molecule has 0 aromatic heterocycles. The van der Waals surface area contributed by atoms with E-state index in [1.54, 1.807) is 0 Å². The van der Waals surface area contributed by atoms with Gasteiger partial charge < -0.3 is 4.90 Å². The van der Waals surface area contributed by atoms with Gasteiger partial charge in [0.05, 0.1) is 5.69 Å². The number of hydrogen-bond donors (Lipinski definition) is 0. The van der Waals surface area contributed by atoms with Crippen LogP contribution >= 0.6 is 0 Å². The van der Waals surface area contributed by atoms with Crippen LogP contribution in [-0.2, 0) is 18.3 Å². The highest BCUT2D eigenvalue weighted by molar-refractivity contribution is 6.16. The van der Waals surface area contributed by atoms with Gasteiger partial charge in [0.15, 0.2) is 0 Å². The van der Waals surface area contributed by atoms with Crippen LogP contribution in [0.3, 0.4) is 0 Å². The number of benzene rings is 4. The van der Waals surface area contributed by atoms with Crippen molar-refractivity contribution < 1.29 is 0 Å². The summed E-state index contributed by atoms with van der Waals surface area (Å²) in [4.78, 5) is 2.45. The number of nitrogens with zero attached hydrogens (tertiary/aromatic N) is 1. The molecular formula is C27H27N. The topological polar surface area (TPSA) is 3.24 Å². The average Bonchev–Trinajstić information content (AvgIpc) is 2.84. The van der Waals surface area contributed by atoms with Crippen molar-refractivity contribution in [2.75, 3.05) is 11.9 Å². The molecule has 1 heteroatoms. The monoisotopic (exact) mass is 365 g/mol. The van der Waals surface area contributed by atoms with Crippen LogP contribution in [0.4, 0.5) is 11.4 Å². The van der Waals surface area contributed by atoms with Crippen molar-refractivity contribution >= 4 is 32.9 Å². The predicted molar refractivity (Wildman–Crippen MR) is 122 cm³/mol. The molecule has 0 saturated heterocycles. The van der Waals surface area contributed by atoms with E-state index in [4.69, 9.17) is 0 Å². The Kier molecular flexibility index (Phi) is 3.77. The van der Waals surface area contributed by atoms with E-state index in [1.807, 2.05) is 0 Å². The zero-order valence-corrected chi connectivity index (χ0v) is 17.2. The molecule has 0 atom stereocenters. The highest BCUT2D eigenvalue weighted by Crippen LogP contribution is 2.44. The fraction of sp³-hybridized carbons (Fsp3) is 0.259. The molecule has 1 aliphatic heterocycles. The van der Waals surface area contributed by atoms with Crippen molar-refractivity contribution in [3.63, 3.8) is 0 Å². The maximum absolute atomic E-state index is 2.45. The number of fused-ring (bicyclic) bond motifs is 7. The Bertz CT molecular complexity index is 1210. The zero-order chi connectivity index (χ0) is 19.5. The molecule has 1 heterocycles. The molecular weight excluding hydrogens is 338 g/mol. The van der Waals surface area contributed by atoms with Crippen LogP contribution in [0.25, 0.3) is 21.5 Å². The lowest BCUT2D eigenvalue weighted by Crippen LogP contribution is -2.16. The van der Waals surface area contributed by atoms with E-state index in [9.17, 15) is 0 Å². The lowest BCUT2D eigenvalue weighted by molar-refractivity contribution is 0.590. The largest absolute Gasteiger partial charge is 0.344 e. The standard InChI is InChI=1S/C27H27N/c1-27(2,3)19-15-13-18-14-16-24-22-11-6-5-9-20(22)21-10-7-8-12-23(21)26(24)28(4)25(18)17-19/h5-13,15,17H,14,16H2,1-4H3. The molecule has 0 unspecified atom stereocenters. The summed E-state index contributed by atoms with van der Waals surface area (Å²) in [6, 6.07) is 24.9. The summed E-state index contributed by atoms with van der Waals surface area (Å²) in [5.41, 5.74) is 7.19. The van der Waals surface area contributed by atoms with Crippen molar-refractivity contribution in [3.05, 3.63) is 83.4 Å². The highest BCUT2D eigenvalue weighted by atomic mass is 15.1. The van der Waals surface area contributed by atoms with E-state index in [-0.39, 0.29) is 5.41 Å². The van der Waals surface area contributed by atoms with E-state index in [1.165, 1.54) is 49.6 Å². The quantitative estimate of drug-likeness (QED) is 0.299. The fourth-order valence-corrected chi connectivity index (χ4v) is 4.77. The highest BCUT2D eigenvalue weighted by Gasteiger charge is 2.24. The summed E-state index contributed by atoms with van der Waals surface area (Å²) in [6.45, 7) is 6.88. The van der Waals surface area contributed by atoms with E-state index in [2.05, 4.69) is 99.4 Å². The number of hydrogen-bond acceptors (Lipinski definition) is 1.